The Hall–Kier alpha value is -1.29. The molecule has 0 aliphatic carbocycles. The summed E-state index contributed by atoms with van der Waals surface area (Å²) in [6, 6.07) is 1.08. The van der Waals surface area contributed by atoms with E-state index in [1.807, 2.05) is 0 Å². The first-order chi connectivity index (χ1) is 7.77. The van der Waals surface area contributed by atoms with Crippen LogP contribution in [0.1, 0.15) is 6.92 Å². The Bertz CT molecular complexity index is 581. The second-order valence-corrected chi connectivity index (χ2v) is 5.40. The number of rotatable bonds is 3. The van der Waals surface area contributed by atoms with Crippen molar-refractivity contribution < 1.29 is 12.8 Å². The minimum atomic E-state index is -3.91. The fraction of sp³-hybridized carbons (Fsp3) is 0.200. The number of terminal acetylenes is 1. The van der Waals surface area contributed by atoms with Crippen molar-refractivity contribution in [3.63, 3.8) is 0 Å². The summed E-state index contributed by atoms with van der Waals surface area (Å²) in [5.74, 6) is 1.42. The van der Waals surface area contributed by atoms with E-state index in [2.05, 4.69) is 10.6 Å². The van der Waals surface area contributed by atoms with E-state index in [0.29, 0.717) is 0 Å². The van der Waals surface area contributed by atoms with E-state index in [1.54, 1.807) is 0 Å². The molecule has 1 aromatic carbocycles. The molecule has 0 heterocycles. The van der Waals surface area contributed by atoms with Gasteiger partial charge in [0.2, 0.25) is 10.0 Å². The zero-order valence-corrected chi connectivity index (χ0v) is 10.4. The summed E-state index contributed by atoms with van der Waals surface area (Å²) >= 11 is 5.65. The van der Waals surface area contributed by atoms with Crippen LogP contribution in [0.25, 0.3) is 0 Å². The van der Waals surface area contributed by atoms with Crippen LogP contribution in [0, 0.1) is 18.2 Å². The van der Waals surface area contributed by atoms with Gasteiger partial charge in [-0.1, -0.05) is 17.5 Å². The van der Waals surface area contributed by atoms with Gasteiger partial charge in [-0.3, -0.25) is 0 Å². The van der Waals surface area contributed by atoms with Crippen molar-refractivity contribution in [1.29, 1.82) is 0 Å². The molecule has 7 heteroatoms. The van der Waals surface area contributed by atoms with Crippen molar-refractivity contribution in [2.75, 3.05) is 5.73 Å². The number of hydrogen-bond acceptors (Lipinski definition) is 3. The molecule has 0 saturated heterocycles. The summed E-state index contributed by atoms with van der Waals surface area (Å²) < 4.78 is 38.8. The standard InChI is InChI=1S/C10H10ClFN2O2S/c1-3-6(2)14-17(15,16)10-5-9(13)8(12)4-7(10)11/h1,4-6,14H,13H2,2H3. The highest BCUT2D eigenvalue weighted by molar-refractivity contribution is 7.89. The molecular weight excluding hydrogens is 267 g/mol. The first-order valence-electron chi connectivity index (χ1n) is 4.51. The van der Waals surface area contributed by atoms with Crippen molar-refractivity contribution in [2.24, 2.45) is 0 Å². The van der Waals surface area contributed by atoms with Crippen LogP contribution >= 0.6 is 11.6 Å². The van der Waals surface area contributed by atoms with Crippen LogP contribution in [0.3, 0.4) is 0 Å². The minimum Gasteiger partial charge on any atom is -0.396 e. The van der Waals surface area contributed by atoms with Gasteiger partial charge in [-0.05, 0) is 19.1 Å². The van der Waals surface area contributed by atoms with Gasteiger partial charge in [0.25, 0.3) is 0 Å². The summed E-state index contributed by atoms with van der Waals surface area (Å²) in [5.41, 5.74) is 4.98. The first kappa shape index (κ1) is 13.8. The molecule has 4 nitrogen and oxygen atoms in total. The summed E-state index contributed by atoms with van der Waals surface area (Å²) in [5, 5.41) is -0.256. The average Bonchev–Trinajstić information content (AvgIpc) is 2.22. The number of anilines is 1. The van der Waals surface area contributed by atoms with Gasteiger partial charge in [-0.25, -0.2) is 12.8 Å². The third kappa shape index (κ3) is 3.09. The van der Waals surface area contributed by atoms with Gasteiger partial charge < -0.3 is 5.73 Å². The van der Waals surface area contributed by atoms with Gasteiger partial charge in [-0.15, -0.1) is 6.42 Å². The molecular formula is C10H10ClFN2O2S. The molecule has 1 aromatic rings. The quantitative estimate of drug-likeness (QED) is 0.647. The summed E-state index contributed by atoms with van der Waals surface area (Å²) in [6.45, 7) is 1.48. The van der Waals surface area contributed by atoms with Gasteiger partial charge in [0.05, 0.1) is 16.8 Å². The number of nitrogens with one attached hydrogen (secondary N) is 1. The minimum absolute atomic E-state index is 0.256. The lowest BCUT2D eigenvalue weighted by Gasteiger charge is -2.11. The second-order valence-electron chi connectivity index (χ2n) is 3.31. The molecule has 0 saturated carbocycles. The molecule has 0 spiro atoms. The second kappa shape index (κ2) is 4.92. The van der Waals surface area contributed by atoms with E-state index in [-0.39, 0.29) is 15.6 Å². The van der Waals surface area contributed by atoms with Crippen LogP contribution in [-0.2, 0) is 10.0 Å². The lowest BCUT2D eigenvalue weighted by molar-refractivity contribution is 0.577. The van der Waals surface area contributed by atoms with Crippen molar-refractivity contribution in [2.45, 2.75) is 17.9 Å². The Balaban J connectivity index is 3.26. The summed E-state index contributed by atoms with van der Waals surface area (Å²) in [4.78, 5) is -0.305. The Kier molecular flexibility index (Phi) is 3.98. The van der Waals surface area contributed by atoms with Crippen LogP contribution in [0.15, 0.2) is 17.0 Å². The predicted octanol–water partition coefficient (Wildman–Crippen LogP) is 1.36. The van der Waals surface area contributed by atoms with Gasteiger partial charge in [0.1, 0.15) is 10.7 Å². The van der Waals surface area contributed by atoms with Crippen LogP contribution in [0.2, 0.25) is 5.02 Å². The fourth-order valence-electron chi connectivity index (χ4n) is 1.08. The van der Waals surface area contributed by atoms with Crippen LogP contribution in [0.4, 0.5) is 10.1 Å². The molecule has 92 valence electrons. The highest BCUT2D eigenvalue weighted by Gasteiger charge is 2.21. The van der Waals surface area contributed by atoms with E-state index in [4.69, 9.17) is 23.8 Å². The van der Waals surface area contributed by atoms with E-state index >= 15 is 0 Å². The van der Waals surface area contributed by atoms with E-state index in [0.717, 1.165) is 12.1 Å². The molecule has 0 amide bonds. The van der Waals surface area contributed by atoms with E-state index in [9.17, 15) is 12.8 Å². The molecule has 17 heavy (non-hydrogen) atoms. The number of hydrogen-bond donors (Lipinski definition) is 2. The summed E-state index contributed by atoms with van der Waals surface area (Å²) in [6.07, 6.45) is 5.05. The Morgan fingerprint density at radius 2 is 2.18 bits per heavy atom. The molecule has 1 unspecified atom stereocenters. The van der Waals surface area contributed by atoms with Crippen molar-refractivity contribution in [3.05, 3.63) is 23.0 Å². The highest BCUT2D eigenvalue weighted by atomic mass is 35.5. The predicted molar refractivity (Wildman–Crippen MR) is 64.4 cm³/mol. The van der Waals surface area contributed by atoms with Crippen molar-refractivity contribution in [3.8, 4) is 12.3 Å². The molecule has 0 bridgehead atoms. The third-order valence-corrected chi connectivity index (χ3v) is 3.93. The lowest BCUT2D eigenvalue weighted by atomic mass is 10.3. The van der Waals surface area contributed by atoms with Crippen molar-refractivity contribution >= 4 is 27.3 Å². The Labute approximate surface area is 104 Å². The maximum Gasteiger partial charge on any atom is 0.243 e. The van der Waals surface area contributed by atoms with Crippen LogP contribution in [0.5, 0.6) is 0 Å². The smallest absolute Gasteiger partial charge is 0.243 e. The first-order valence-corrected chi connectivity index (χ1v) is 6.37. The highest BCUT2D eigenvalue weighted by Crippen LogP contribution is 2.26. The fourth-order valence-corrected chi connectivity index (χ4v) is 2.79. The largest absolute Gasteiger partial charge is 0.396 e. The number of sulfonamides is 1. The summed E-state index contributed by atoms with van der Waals surface area (Å²) in [7, 11) is -3.91. The monoisotopic (exact) mass is 276 g/mol. The van der Waals surface area contributed by atoms with Gasteiger partial charge in [-0.2, -0.15) is 4.72 Å². The number of benzene rings is 1. The third-order valence-electron chi connectivity index (χ3n) is 1.92. The molecule has 1 rings (SSSR count). The lowest BCUT2D eigenvalue weighted by Crippen LogP contribution is -2.31. The molecule has 0 aliphatic heterocycles. The normalized spacial score (nSPS) is 13.1. The zero-order chi connectivity index (χ0) is 13.2. The maximum atomic E-state index is 13.0. The molecule has 0 aliphatic rings. The van der Waals surface area contributed by atoms with Crippen molar-refractivity contribution in [1.82, 2.24) is 4.72 Å². The number of halogens is 2. The van der Waals surface area contributed by atoms with Gasteiger partial charge >= 0.3 is 0 Å². The molecule has 1 atom stereocenters. The van der Waals surface area contributed by atoms with Crippen LogP contribution < -0.4 is 10.5 Å². The van der Waals surface area contributed by atoms with Gasteiger partial charge in [0, 0.05) is 0 Å². The molecule has 0 radical (unpaired) electrons. The zero-order valence-electron chi connectivity index (χ0n) is 8.87. The number of nitrogens with two attached hydrogens (primary N) is 1. The average molecular weight is 277 g/mol. The van der Waals surface area contributed by atoms with Gasteiger partial charge in [0.15, 0.2) is 0 Å². The van der Waals surface area contributed by atoms with E-state index in [1.165, 1.54) is 6.92 Å². The molecule has 0 aromatic heterocycles. The topological polar surface area (TPSA) is 72.2 Å². The van der Waals surface area contributed by atoms with Crippen LogP contribution in [-0.4, -0.2) is 14.5 Å². The molecule has 0 fully saturated rings. The molecule has 3 N–H and O–H groups in total. The SMILES string of the molecule is C#CC(C)NS(=O)(=O)c1cc(N)c(F)cc1Cl. The Morgan fingerprint density at radius 3 is 2.71 bits per heavy atom. The van der Waals surface area contributed by atoms with E-state index < -0.39 is 21.9 Å². The maximum absolute atomic E-state index is 13.0. The number of nitrogen functional groups attached to an aromatic ring is 1. The Morgan fingerprint density at radius 1 is 1.59 bits per heavy atom.